The Labute approximate surface area is 389 Å². The molecule has 2 atom stereocenters. The van der Waals surface area contributed by atoms with Crippen LogP contribution in [0.4, 0.5) is 0 Å². The van der Waals surface area contributed by atoms with Crippen LogP contribution in [0.15, 0.2) is 146 Å². The van der Waals surface area contributed by atoms with Crippen molar-refractivity contribution < 1.29 is 28.5 Å². The minimum atomic E-state index is -0.699. The maximum atomic E-state index is 14.7. The number of amides is 2. The van der Waals surface area contributed by atoms with E-state index in [9.17, 15) is 9.59 Å². The fraction of sp³-hybridized carbons (Fsp3) is 0.321. The average molecular weight is 887 g/mol. The fourth-order valence-corrected chi connectivity index (χ4v) is 8.46. The third-order valence-electron chi connectivity index (χ3n) is 12.7. The van der Waals surface area contributed by atoms with Gasteiger partial charge in [-0.15, -0.1) is 0 Å². The smallest absolute Gasteiger partial charge is 0.252 e. The normalized spacial score (nSPS) is 16.9. The van der Waals surface area contributed by atoms with Crippen molar-refractivity contribution in [3.8, 4) is 23.0 Å². The summed E-state index contributed by atoms with van der Waals surface area (Å²) < 4.78 is 24.6. The Hall–Kier alpha value is -6.62. The van der Waals surface area contributed by atoms with E-state index in [-0.39, 0.29) is 17.7 Å². The van der Waals surface area contributed by atoms with Gasteiger partial charge in [-0.25, -0.2) is 0 Å². The molecule has 2 saturated carbocycles. The third-order valence-corrected chi connectivity index (χ3v) is 12.7. The van der Waals surface area contributed by atoms with E-state index in [2.05, 4.69) is 38.6 Å². The first-order chi connectivity index (χ1) is 32.0. The van der Waals surface area contributed by atoms with E-state index in [0.717, 1.165) is 70.8 Å². The first kappa shape index (κ1) is 45.9. The number of carbonyl (C=O) groups excluding carboxylic acids is 2. The Morgan fingerprint density at radius 1 is 0.561 bits per heavy atom. The summed E-state index contributed by atoms with van der Waals surface area (Å²) in [4.78, 5) is 33.3. The molecular weight excluding hydrogens is 825 g/mol. The Morgan fingerprint density at radius 2 is 1.11 bits per heavy atom. The van der Waals surface area contributed by atoms with Crippen molar-refractivity contribution in [3.63, 3.8) is 0 Å². The van der Waals surface area contributed by atoms with Crippen LogP contribution in [0, 0.1) is 12.8 Å². The van der Waals surface area contributed by atoms with Gasteiger partial charge in [0.15, 0.2) is 0 Å². The number of aryl methyl sites for hydroxylation is 1. The van der Waals surface area contributed by atoms with Gasteiger partial charge in [-0.1, -0.05) is 97.1 Å². The lowest BCUT2D eigenvalue weighted by Crippen LogP contribution is -2.37. The van der Waals surface area contributed by atoms with Crippen LogP contribution in [0.3, 0.4) is 0 Å². The molecule has 0 radical (unpaired) electrons. The zero-order chi connectivity index (χ0) is 46.1. The van der Waals surface area contributed by atoms with Gasteiger partial charge < -0.3 is 39.4 Å². The number of likely N-dealkylation sites (N-methyl/N-ethyl adjacent to an activating group) is 2. The second-order valence-electron chi connectivity index (χ2n) is 18.3. The van der Waals surface area contributed by atoms with Crippen molar-refractivity contribution in [2.45, 2.75) is 56.9 Å². The highest BCUT2D eigenvalue weighted by Gasteiger charge is 2.56. The number of carbonyl (C=O) groups is 2. The summed E-state index contributed by atoms with van der Waals surface area (Å²) in [6.45, 7) is 5.34. The Morgan fingerprint density at radius 3 is 1.71 bits per heavy atom. The molecule has 2 fully saturated rings. The largest absolute Gasteiger partial charge is 0.492 e. The standard InChI is InChI=1S/C56H62N4O6/c1-40-19-23-49(63-31-29-59(2)3)35-51(40)53(61)58-56(44-21-25-47(26-22-44)65-38-41-13-8-6-9-14-41)37-46(56)33-43-20-24-50(64-32-30-60(4)5)36-52(43)54(62)57-55(27-28-55)45-17-12-18-48(34-45)66-39-42-15-10-7-11-16-42/h6-26,34-36,46H,27-33,37-39H2,1-5H3,(H,57,62)(H,58,61). The highest BCUT2D eigenvalue weighted by Crippen LogP contribution is 2.54. The molecule has 2 aliphatic carbocycles. The van der Waals surface area contributed by atoms with E-state index in [0.29, 0.717) is 61.9 Å². The SMILES string of the molecule is Cc1ccc(OCCN(C)C)cc1C(=O)NC1(c2ccc(OCc3ccccc3)cc2)CC1Cc1ccc(OCCN(C)C)cc1C(=O)NC1(c2cccc(OCc3ccccc3)c2)CC1. The number of nitrogens with zero attached hydrogens (tertiary/aromatic N) is 2. The number of hydrogen-bond donors (Lipinski definition) is 2. The Bertz CT molecular complexity index is 2580. The topological polar surface area (TPSA) is 102 Å². The molecule has 0 saturated heterocycles. The monoisotopic (exact) mass is 886 g/mol. The van der Waals surface area contributed by atoms with E-state index in [1.54, 1.807) is 0 Å². The van der Waals surface area contributed by atoms with Gasteiger partial charge in [0, 0.05) is 24.2 Å². The molecule has 8 rings (SSSR count). The first-order valence-electron chi connectivity index (χ1n) is 23.0. The number of rotatable bonds is 22. The van der Waals surface area contributed by atoms with E-state index in [1.807, 2.05) is 163 Å². The second kappa shape index (κ2) is 20.7. The Kier molecular flexibility index (Phi) is 14.4. The van der Waals surface area contributed by atoms with Gasteiger partial charge in [-0.3, -0.25) is 9.59 Å². The summed E-state index contributed by atoms with van der Waals surface area (Å²) in [5.74, 6) is 2.44. The molecule has 0 spiro atoms. The summed E-state index contributed by atoms with van der Waals surface area (Å²) in [5, 5.41) is 6.95. The molecule has 6 aromatic carbocycles. The van der Waals surface area contributed by atoms with Crippen LogP contribution in [0.1, 0.15) is 73.4 Å². The molecule has 2 unspecified atom stereocenters. The van der Waals surface area contributed by atoms with Gasteiger partial charge in [-0.2, -0.15) is 0 Å². The lowest BCUT2D eigenvalue weighted by Gasteiger charge is -2.23. The van der Waals surface area contributed by atoms with Crippen LogP contribution >= 0.6 is 0 Å². The molecule has 6 aromatic rings. The van der Waals surface area contributed by atoms with Crippen molar-refractivity contribution in [2.24, 2.45) is 5.92 Å². The van der Waals surface area contributed by atoms with E-state index in [1.165, 1.54) is 0 Å². The molecule has 10 heteroatoms. The highest BCUT2D eigenvalue weighted by molar-refractivity contribution is 5.98. The predicted molar refractivity (Wildman–Crippen MR) is 259 cm³/mol. The van der Waals surface area contributed by atoms with Gasteiger partial charge in [0.05, 0.1) is 11.1 Å². The van der Waals surface area contributed by atoms with Gasteiger partial charge in [-0.05, 0) is 149 Å². The summed E-state index contributed by atoms with van der Waals surface area (Å²) in [6.07, 6.45) is 2.87. The number of hydrogen-bond acceptors (Lipinski definition) is 8. The summed E-state index contributed by atoms with van der Waals surface area (Å²) in [7, 11) is 8.02. The van der Waals surface area contributed by atoms with Crippen molar-refractivity contribution in [2.75, 3.05) is 54.5 Å². The highest BCUT2D eigenvalue weighted by atomic mass is 16.5. The Balaban J connectivity index is 1.05. The van der Waals surface area contributed by atoms with Crippen molar-refractivity contribution >= 4 is 11.8 Å². The summed E-state index contributed by atoms with van der Waals surface area (Å²) >= 11 is 0. The number of nitrogens with one attached hydrogen (secondary N) is 2. The van der Waals surface area contributed by atoms with E-state index < -0.39 is 11.1 Å². The van der Waals surface area contributed by atoms with E-state index in [4.69, 9.17) is 18.9 Å². The molecule has 2 amide bonds. The second-order valence-corrected chi connectivity index (χ2v) is 18.3. The summed E-state index contributed by atoms with van der Waals surface area (Å²) in [6, 6.07) is 47.8. The van der Waals surface area contributed by atoms with Crippen molar-refractivity contribution in [3.05, 3.63) is 190 Å². The molecule has 10 nitrogen and oxygen atoms in total. The molecule has 342 valence electrons. The molecular formula is C56H62N4O6. The van der Waals surface area contributed by atoms with Crippen molar-refractivity contribution in [1.29, 1.82) is 0 Å². The van der Waals surface area contributed by atoms with Gasteiger partial charge >= 0.3 is 0 Å². The third kappa shape index (κ3) is 11.6. The minimum absolute atomic E-state index is 0.0160. The molecule has 66 heavy (non-hydrogen) atoms. The number of benzene rings is 6. The van der Waals surface area contributed by atoms with Gasteiger partial charge in [0.25, 0.3) is 11.8 Å². The van der Waals surface area contributed by atoms with Crippen LogP contribution in [-0.4, -0.2) is 76.1 Å². The minimum Gasteiger partial charge on any atom is -0.492 e. The molecule has 2 aliphatic rings. The van der Waals surface area contributed by atoms with Gasteiger partial charge in [0.1, 0.15) is 49.4 Å². The summed E-state index contributed by atoms with van der Waals surface area (Å²) in [5.41, 5.74) is 5.83. The molecule has 0 aliphatic heterocycles. The van der Waals surface area contributed by atoms with Crippen LogP contribution in [0.25, 0.3) is 0 Å². The zero-order valence-corrected chi connectivity index (χ0v) is 38.8. The van der Waals surface area contributed by atoms with Crippen LogP contribution in [0.2, 0.25) is 0 Å². The number of ether oxygens (including phenoxy) is 4. The van der Waals surface area contributed by atoms with E-state index >= 15 is 0 Å². The lowest BCUT2D eigenvalue weighted by molar-refractivity contribution is 0.0916. The fourth-order valence-electron chi connectivity index (χ4n) is 8.46. The first-order valence-corrected chi connectivity index (χ1v) is 23.0. The van der Waals surface area contributed by atoms with Crippen LogP contribution in [0.5, 0.6) is 23.0 Å². The van der Waals surface area contributed by atoms with Crippen LogP contribution in [-0.2, 0) is 30.7 Å². The quantitative estimate of drug-likeness (QED) is 0.0696. The average Bonchev–Trinajstić information content (AvgIpc) is 4.26. The predicted octanol–water partition coefficient (Wildman–Crippen LogP) is 9.34. The maximum absolute atomic E-state index is 14.7. The van der Waals surface area contributed by atoms with Crippen molar-refractivity contribution in [1.82, 2.24) is 20.4 Å². The molecule has 2 N–H and O–H groups in total. The van der Waals surface area contributed by atoms with Gasteiger partial charge in [0.2, 0.25) is 0 Å². The lowest BCUT2D eigenvalue weighted by atomic mass is 9.94. The maximum Gasteiger partial charge on any atom is 0.252 e. The molecule has 0 heterocycles. The molecule has 0 bridgehead atoms. The van der Waals surface area contributed by atoms with Crippen LogP contribution < -0.4 is 29.6 Å². The molecule has 0 aromatic heterocycles. The zero-order valence-electron chi connectivity index (χ0n) is 38.8.